The number of amides is 1. The summed E-state index contributed by atoms with van der Waals surface area (Å²) in [7, 11) is 1.89. The molecule has 0 aliphatic carbocycles. The Morgan fingerprint density at radius 1 is 1.19 bits per heavy atom. The lowest BCUT2D eigenvalue weighted by Crippen LogP contribution is -2.21. The molecule has 2 heterocycles. The highest BCUT2D eigenvalue weighted by Gasteiger charge is 2.27. The van der Waals surface area contributed by atoms with Crippen LogP contribution >= 0.6 is 11.8 Å². The number of hydrogen-bond donors (Lipinski definition) is 1. The van der Waals surface area contributed by atoms with Gasteiger partial charge >= 0.3 is 0 Å². The molecule has 0 saturated carbocycles. The van der Waals surface area contributed by atoms with Crippen LogP contribution in [0.3, 0.4) is 0 Å². The van der Waals surface area contributed by atoms with Crippen molar-refractivity contribution in [3.8, 4) is 0 Å². The van der Waals surface area contributed by atoms with Gasteiger partial charge in [0.25, 0.3) is 5.91 Å². The molecular formula is C19H17N5O2S. The summed E-state index contributed by atoms with van der Waals surface area (Å²) in [6.07, 6.45) is 1.90. The summed E-state index contributed by atoms with van der Waals surface area (Å²) in [5.41, 5.74) is 2.10. The summed E-state index contributed by atoms with van der Waals surface area (Å²) in [5, 5.41) is 15.5. The molecule has 1 atom stereocenters. The maximum absolute atomic E-state index is 12.4. The predicted octanol–water partition coefficient (Wildman–Crippen LogP) is 3.42. The summed E-state index contributed by atoms with van der Waals surface area (Å²) in [5.74, 6) is -0.248. The third-order valence-corrected chi connectivity index (χ3v) is 5.15. The summed E-state index contributed by atoms with van der Waals surface area (Å²) in [4.78, 5) is 18.8. The van der Waals surface area contributed by atoms with Gasteiger partial charge in [-0.25, -0.2) is 0 Å². The molecule has 1 N–H and O–H groups in total. The van der Waals surface area contributed by atoms with Gasteiger partial charge in [0.2, 0.25) is 0 Å². The lowest BCUT2D eigenvalue weighted by Gasteiger charge is -2.08. The molecular weight excluding hydrogens is 362 g/mol. The number of rotatable bonds is 5. The van der Waals surface area contributed by atoms with E-state index in [1.807, 2.05) is 66.2 Å². The van der Waals surface area contributed by atoms with Crippen molar-refractivity contribution in [1.82, 2.24) is 14.8 Å². The fourth-order valence-corrected chi connectivity index (χ4v) is 3.40. The molecule has 0 saturated heterocycles. The van der Waals surface area contributed by atoms with E-state index in [4.69, 9.17) is 4.84 Å². The van der Waals surface area contributed by atoms with Crippen molar-refractivity contribution in [2.24, 2.45) is 12.2 Å². The van der Waals surface area contributed by atoms with Gasteiger partial charge in [0.05, 0.1) is 0 Å². The van der Waals surface area contributed by atoms with Gasteiger partial charge in [0.1, 0.15) is 12.0 Å². The van der Waals surface area contributed by atoms with E-state index >= 15 is 0 Å². The summed E-state index contributed by atoms with van der Waals surface area (Å²) >= 11 is 1.50. The first-order valence-electron chi connectivity index (χ1n) is 8.40. The van der Waals surface area contributed by atoms with Gasteiger partial charge < -0.3 is 14.7 Å². The highest BCUT2D eigenvalue weighted by atomic mass is 32.2. The molecule has 0 bridgehead atoms. The molecule has 136 valence electrons. The number of nitrogens with one attached hydrogen (secondary N) is 1. The molecule has 0 spiro atoms. The van der Waals surface area contributed by atoms with Gasteiger partial charge in [0, 0.05) is 24.1 Å². The van der Waals surface area contributed by atoms with E-state index in [9.17, 15) is 4.79 Å². The molecule has 1 aliphatic rings. The number of benzene rings is 2. The monoisotopic (exact) mass is 379 g/mol. The quantitative estimate of drug-likeness (QED) is 0.735. The maximum atomic E-state index is 12.4. The first kappa shape index (κ1) is 17.3. The molecule has 0 radical (unpaired) electrons. The minimum atomic E-state index is -0.248. The SMILES string of the molecule is Cn1cnnc1Sc1ccc(NC(=O)C2=NO[C@H](c3ccccc3)C2)cc1. The molecule has 3 aromatic rings. The average Bonchev–Trinajstić information content (AvgIpc) is 3.34. The van der Waals surface area contributed by atoms with Gasteiger partial charge in [-0.3, -0.25) is 4.79 Å². The third kappa shape index (κ3) is 4.01. The predicted molar refractivity (Wildman–Crippen MR) is 103 cm³/mol. The van der Waals surface area contributed by atoms with Crippen LogP contribution in [0, 0.1) is 0 Å². The van der Waals surface area contributed by atoms with E-state index in [0.29, 0.717) is 17.8 Å². The van der Waals surface area contributed by atoms with E-state index in [-0.39, 0.29) is 12.0 Å². The van der Waals surface area contributed by atoms with E-state index in [1.54, 1.807) is 6.33 Å². The second kappa shape index (κ2) is 7.63. The van der Waals surface area contributed by atoms with Crippen molar-refractivity contribution in [3.05, 3.63) is 66.5 Å². The second-order valence-electron chi connectivity index (χ2n) is 6.05. The third-order valence-electron chi connectivity index (χ3n) is 4.09. The standard InChI is InChI=1S/C19H17N5O2S/c1-24-12-20-22-19(24)27-15-9-7-14(8-10-15)21-18(25)16-11-17(26-23-16)13-5-3-2-4-6-13/h2-10,12,17H,11H2,1H3,(H,21,25)/t17-/m0/s1. The van der Waals surface area contributed by atoms with E-state index in [2.05, 4.69) is 20.7 Å². The minimum Gasteiger partial charge on any atom is -0.387 e. The Kier molecular flexibility index (Phi) is 4.88. The minimum absolute atomic E-state index is 0.211. The van der Waals surface area contributed by atoms with Crippen molar-refractivity contribution in [2.45, 2.75) is 22.6 Å². The van der Waals surface area contributed by atoms with Crippen LogP contribution in [0.5, 0.6) is 0 Å². The molecule has 0 fully saturated rings. The highest BCUT2D eigenvalue weighted by molar-refractivity contribution is 7.99. The second-order valence-corrected chi connectivity index (χ2v) is 7.09. The number of nitrogens with zero attached hydrogens (tertiary/aromatic N) is 4. The Morgan fingerprint density at radius 3 is 2.67 bits per heavy atom. The van der Waals surface area contributed by atoms with Gasteiger partial charge in [-0.05, 0) is 41.6 Å². The number of aryl methyl sites for hydroxylation is 1. The number of aromatic nitrogens is 3. The first-order chi connectivity index (χ1) is 13.2. The van der Waals surface area contributed by atoms with E-state index in [0.717, 1.165) is 15.6 Å². The van der Waals surface area contributed by atoms with Crippen molar-refractivity contribution in [2.75, 3.05) is 5.32 Å². The van der Waals surface area contributed by atoms with Gasteiger partial charge in [0.15, 0.2) is 11.3 Å². The van der Waals surface area contributed by atoms with Crippen LogP contribution in [0.25, 0.3) is 0 Å². The number of oxime groups is 1. The zero-order chi connectivity index (χ0) is 18.6. The zero-order valence-corrected chi connectivity index (χ0v) is 15.4. The van der Waals surface area contributed by atoms with Crippen LogP contribution in [0.2, 0.25) is 0 Å². The van der Waals surface area contributed by atoms with Crippen molar-refractivity contribution < 1.29 is 9.63 Å². The van der Waals surface area contributed by atoms with Crippen LogP contribution in [0.1, 0.15) is 18.1 Å². The lowest BCUT2D eigenvalue weighted by molar-refractivity contribution is -0.110. The van der Waals surface area contributed by atoms with E-state index in [1.165, 1.54) is 11.8 Å². The summed E-state index contributed by atoms with van der Waals surface area (Å²) in [6, 6.07) is 17.3. The molecule has 8 heteroatoms. The fourth-order valence-electron chi connectivity index (χ4n) is 2.64. The largest absolute Gasteiger partial charge is 0.387 e. The summed E-state index contributed by atoms with van der Waals surface area (Å²) in [6.45, 7) is 0. The molecule has 7 nitrogen and oxygen atoms in total. The van der Waals surface area contributed by atoms with Crippen LogP contribution in [-0.4, -0.2) is 26.4 Å². The Bertz CT molecular complexity index is 969. The van der Waals surface area contributed by atoms with Crippen molar-refractivity contribution in [3.63, 3.8) is 0 Å². The average molecular weight is 379 g/mol. The van der Waals surface area contributed by atoms with Crippen LogP contribution in [0.15, 0.2) is 76.1 Å². The van der Waals surface area contributed by atoms with Crippen LogP contribution in [0.4, 0.5) is 5.69 Å². The molecule has 2 aromatic carbocycles. The maximum Gasteiger partial charge on any atom is 0.273 e. The number of carbonyl (C=O) groups excluding carboxylic acids is 1. The molecule has 1 aliphatic heterocycles. The normalized spacial score (nSPS) is 15.9. The Hall–Kier alpha value is -3.13. The molecule has 1 aromatic heterocycles. The van der Waals surface area contributed by atoms with E-state index < -0.39 is 0 Å². The fraction of sp³-hybridized carbons (Fsp3) is 0.158. The zero-order valence-electron chi connectivity index (χ0n) is 14.6. The van der Waals surface area contributed by atoms with Crippen LogP contribution < -0.4 is 5.32 Å². The molecule has 1 amide bonds. The van der Waals surface area contributed by atoms with Crippen molar-refractivity contribution in [1.29, 1.82) is 0 Å². The Balaban J connectivity index is 1.35. The van der Waals surface area contributed by atoms with Gasteiger partial charge in [-0.2, -0.15) is 0 Å². The molecule has 27 heavy (non-hydrogen) atoms. The Labute approximate surface area is 160 Å². The highest BCUT2D eigenvalue weighted by Crippen LogP contribution is 2.28. The van der Waals surface area contributed by atoms with Crippen LogP contribution in [-0.2, 0) is 16.7 Å². The first-order valence-corrected chi connectivity index (χ1v) is 9.21. The Morgan fingerprint density at radius 2 is 1.96 bits per heavy atom. The van der Waals surface area contributed by atoms with Gasteiger partial charge in [-0.1, -0.05) is 35.5 Å². The number of anilines is 1. The molecule has 0 unspecified atom stereocenters. The van der Waals surface area contributed by atoms with Gasteiger partial charge in [-0.15, -0.1) is 10.2 Å². The topological polar surface area (TPSA) is 81.4 Å². The van der Waals surface area contributed by atoms with Crippen molar-refractivity contribution >= 4 is 29.1 Å². The smallest absolute Gasteiger partial charge is 0.273 e. The summed E-state index contributed by atoms with van der Waals surface area (Å²) < 4.78 is 1.85. The lowest BCUT2D eigenvalue weighted by atomic mass is 10.0. The number of hydrogen-bond acceptors (Lipinski definition) is 6. The number of carbonyl (C=O) groups is 1. The molecule has 4 rings (SSSR count).